The van der Waals surface area contributed by atoms with Crippen LogP contribution in [0.1, 0.15) is 32.3 Å². The summed E-state index contributed by atoms with van der Waals surface area (Å²) in [6.07, 6.45) is 3.02. The molecular formula is C14H20O. The van der Waals surface area contributed by atoms with Crippen molar-refractivity contribution in [3.63, 3.8) is 0 Å². The summed E-state index contributed by atoms with van der Waals surface area (Å²) in [5.41, 5.74) is 1.28. The Bertz CT molecular complexity index is 293. The van der Waals surface area contributed by atoms with Crippen molar-refractivity contribution in [3.8, 4) is 0 Å². The second-order valence-electron chi connectivity index (χ2n) is 4.89. The van der Waals surface area contributed by atoms with E-state index < -0.39 is 0 Å². The van der Waals surface area contributed by atoms with Crippen molar-refractivity contribution in [1.29, 1.82) is 0 Å². The van der Waals surface area contributed by atoms with Crippen molar-refractivity contribution in [1.82, 2.24) is 0 Å². The molecule has 0 amide bonds. The van der Waals surface area contributed by atoms with Gasteiger partial charge in [0.05, 0.1) is 12.7 Å². The summed E-state index contributed by atoms with van der Waals surface area (Å²) < 4.78 is 5.97. The SMILES string of the molecule is CC1CC(C)C(OCc2ccccc2)C1. The number of hydrogen-bond acceptors (Lipinski definition) is 1. The molecule has 0 bridgehead atoms. The lowest BCUT2D eigenvalue weighted by Gasteiger charge is -2.16. The maximum absolute atomic E-state index is 5.97. The first-order valence-electron chi connectivity index (χ1n) is 5.91. The maximum Gasteiger partial charge on any atom is 0.0720 e. The quantitative estimate of drug-likeness (QED) is 0.730. The molecule has 0 heterocycles. The van der Waals surface area contributed by atoms with Crippen LogP contribution in [0.4, 0.5) is 0 Å². The number of benzene rings is 1. The number of hydrogen-bond donors (Lipinski definition) is 0. The highest BCUT2D eigenvalue weighted by molar-refractivity contribution is 5.13. The van der Waals surface area contributed by atoms with Crippen LogP contribution < -0.4 is 0 Å². The van der Waals surface area contributed by atoms with Crippen molar-refractivity contribution in [2.75, 3.05) is 0 Å². The molecule has 15 heavy (non-hydrogen) atoms. The van der Waals surface area contributed by atoms with Gasteiger partial charge in [-0.15, -0.1) is 0 Å². The molecule has 1 nitrogen and oxygen atoms in total. The Kier molecular flexibility index (Phi) is 3.42. The van der Waals surface area contributed by atoms with Crippen LogP contribution in [0.3, 0.4) is 0 Å². The van der Waals surface area contributed by atoms with E-state index >= 15 is 0 Å². The highest BCUT2D eigenvalue weighted by Crippen LogP contribution is 2.32. The van der Waals surface area contributed by atoms with Gasteiger partial charge in [0.15, 0.2) is 0 Å². The van der Waals surface area contributed by atoms with Crippen LogP contribution in [0.5, 0.6) is 0 Å². The Morgan fingerprint density at radius 2 is 1.87 bits per heavy atom. The Labute approximate surface area is 92.5 Å². The van der Waals surface area contributed by atoms with E-state index in [2.05, 4.69) is 38.1 Å². The van der Waals surface area contributed by atoms with E-state index in [1.54, 1.807) is 0 Å². The van der Waals surface area contributed by atoms with Gasteiger partial charge in [0.2, 0.25) is 0 Å². The first kappa shape index (κ1) is 10.7. The Morgan fingerprint density at radius 1 is 1.13 bits per heavy atom. The zero-order valence-electron chi connectivity index (χ0n) is 9.65. The molecule has 1 saturated carbocycles. The van der Waals surface area contributed by atoms with Crippen molar-refractivity contribution in [3.05, 3.63) is 35.9 Å². The molecule has 1 aliphatic rings. The average Bonchev–Trinajstić information content (AvgIpc) is 2.56. The molecule has 0 N–H and O–H groups in total. The molecule has 0 aliphatic heterocycles. The fourth-order valence-electron chi connectivity index (χ4n) is 2.52. The smallest absolute Gasteiger partial charge is 0.0720 e. The molecule has 1 heteroatoms. The average molecular weight is 204 g/mol. The van der Waals surface area contributed by atoms with Crippen LogP contribution in [0.2, 0.25) is 0 Å². The van der Waals surface area contributed by atoms with Gasteiger partial charge in [-0.05, 0) is 30.2 Å². The zero-order valence-corrected chi connectivity index (χ0v) is 9.65. The van der Waals surface area contributed by atoms with Gasteiger partial charge in [-0.3, -0.25) is 0 Å². The van der Waals surface area contributed by atoms with Crippen LogP contribution in [0.15, 0.2) is 30.3 Å². The molecule has 0 radical (unpaired) electrons. The van der Waals surface area contributed by atoms with Gasteiger partial charge in [-0.25, -0.2) is 0 Å². The summed E-state index contributed by atoms with van der Waals surface area (Å²) in [5.74, 6) is 1.56. The van der Waals surface area contributed by atoms with Crippen molar-refractivity contribution < 1.29 is 4.74 Å². The predicted molar refractivity (Wildman–Crippen MR) is 62.6 cm³/mol. The van der Waals surface area contributed by atoms with Gasteiger partial charge < -0.3 is 4.74 Å². The molecule has 0 spiro atoms. The van der Waals surface area contributed by atoms with Gasteiger partial charge in [0, 0.05) is 0 Å². The van der Waals surface area contributed by atoms with Gasteiger partial charge in [-0.1, -0.05) is 44.2 Å². The zero-order chi connectivity index (χ0) is 10.7. The first-order valence-corrected chi connectivity index (χ1v) is 5.91. The van der Waals surface area contributed by atoms with E-state index in [9.17, 15) is 0 Å². The fourth-order valence-corrected chi connectivity index (χ4v) is 2.52. The minimum Gasteiger partial charge on any atom is -0.373 e. The Morgan fingerprint density at radius 3 is 2.47 bits per heavy atom. The topological polar surface area (TPSA) is 9.23 Å². The van der Waals surface area contributed by atoms with Crippen LogP contribution >= 0.6 is 0 Å². The minimum absolute atomic E-state index is 0.472. The lowest BCUT2D eigenvalue weighted by Crippen LogP contribution is -2.15. The first-order chi connectivity index (χ1) is 7.25. The second-order valence-corrected chi connectivity index (χ2v) is 4.89. The lowest BCUT2D eigenvalue weighted by atomic mass is 10.1. The molecule has 1 aromatic carbocycles. The third kappa shape index (κ3) is 2.82. The van der Waals surface area contributed by atoms with Gasteiger partial charge >= 0.3 is 0 Å². The molecule has 1 fully saturated rings. The van der Waals surface area contributed by atoms with E-state index in [1.807, 2.05) is 6.07 Å². The van der Waals surface area contributed by atoms with E-state index in [-0.39, 0.29) is 0 Å². The summed E-state index contributed by atoms with van der Waals surface area (Å²) in [4.78, 5) is 0. The van der Waals surface area contributed by atoms with Crippen LogP contribution in [0.25, 0.3) is 0 Å². The molecular weight excluding hydrogens is 184 g/mol. The van der Waals surface area contributed by atoms with Gasteiger partial charge in [-0.2, -0.15) is 0 Å². The van der Waals surface area contributed by atoms with Gasteiger partial charge in [0.1, 0.15) is 0 Å². The monoisotopic (exact) mass is 204 g/mol. The van der Waals surface area contributed by atoms with E-state index in [0.717, 1.165) is 18.4 Å². The molecule has 1 aromatic rings. The molecule has 82 valence electrons. The lowest BCUT2D eigenvalue weighted by molar-refractivity contribution is 0.0194. The van der Waals surface area contributed by atoms with E-state index in [1.165, 1.54) is 18.4 Å². The fraction of sp³-hybridized carbons (Fsp3) is 0.571. The summed E-state index contributed by atoms with van der Waals surface area (Å²) >= 11 is 0. The highest BCUT2D eigenvalue weighted by atomic mass is 16.5. The third-order valence-corrected chi connectivity index (χ3v) is 3.35. The second kappa shape index (κ2) is 4.80. The normalized spacial score (nSPS) is 30.7. The van der Waals surface area contributed by atoms with Crippen LogP contribution in [-0.2, 0) is 11.3 Å². The van der Waals surface area contributed by atoms with E-state index in [4.69, 9.17) is 4.74 Å². The van der Waals surface area contributed by atoms with Gasteiger partial charge in [0.25, 0.3) is 0 Å². The number of rotatable bonds is 3. The Balaban J connectivity index is 1.84. The standard InChI is InChI=1S/C14H20O/c1-11-8-12(2)14(9-11)15-10-13-6-4-3-5-7-13/h3-7,11-12,14H,8-10H2,1-2H3. The Hall–Kier alpha value is -0.820. The van der Waals surface area contributed by atoms with Crippen LogP contribution in [-0.4, -0.2) is 6.10 Å². The van der Waals surface area contributed by atoms with Crippen LogP contribution in [0, 0.1) is 11.8 Å². The van der Waals surface area contributed by atoms with E-state index in [0.29, 0.717) is 6.10 Å². The van der Waals surface area contributed by atoms with Crippen molar-refractivity contribution >= 4 is 0 Å². The number of ether oxygens (including phenoxy) is 1. The van der Waals surface area contributed by atoms with Crippen molar-refractivity contribution in [2.24, 2.45) is 11.8 Å². The third-order valence-electron chi connectivity index (χ3n) is 3.35. The molecule has 1 aliphatic carbocycles. The largest absolute Gasteiger partial charge is 0.373 e. The summed E-state index contributed by atoms with van der Waals surface area (Å²) in [6.45, 7) is 5.39. The highest BCUT2D eigenvalue weighted by Gasteiger charge is 2.29. The summed E-state index contributed by atoms with van der Waals surface area (Å²) in [7, 11) is 0. The predicted octanol–water partition coefficient (Wildman–Crippen LogP) is 3.64. The molecule has 0 aromatic heterocycles. The minimum atomic E-state index is 0.472. The maximum atomic E-state index is 5.97. The molecule has 3 unspecified atom stereocenters. The molecule has 2 rings (SSSR count). The molecule has 0 saturated heterocycles. The van der Waals surface area contributed by atoms with Crippen molar-refractivity contribution in [2.45, 2.75) is 39.4 Å². The summed E-state index contributed by atoms with van der Waals surface area (Å²) in [5, 5.41) is 0. The molecule has 3 atom stereocenters. The summed E-state index contributed by atoms with van der Waals surface area (Å²) in [6, 6.07) is 10.4.